The van der Waals surface area contributed by atoms with Gasteiger partial charge in [-0.3, -0.25) is 13.9 Å². The maximum absolute atomic E-state index is 11.9. The zero-order chi connectivity index (χ0) is 11.9. The highest BCUT2D eigenvalue weighted by atomic mass is 32.2. The Balaban J connectivity index is 2.95. The van der Waals surface area contributed by atoms with Crippen LogP contribution < -0.4 is 11.2 Å². The van der Waals surface area contributed by atoms with Crippen molar-refractivity contribution in [1.82, 2.24) is 18.7 Å². The van der Waals surface area contributed by atoms with Gasteiger partial charge in [0.2, 0.25) is 0 Å². The minimum atomic E-state index is -0.355. The molecule has 2 heterocycles. The number of fused-ring (bicyclic) bond motifs is 1. The quantitative estimate of drug-likeness (QED) is 0.726. The second-order valence-electron chi connectivity index (χ2n) is 3.51. The third kappa shape index (κ3) is 1.39. The molecule has 0 amide bonds. The Labute approximate surface area is 95.5 Å². The first-order valence-corrected chi connectivity index (χ1v) is 6.07. The van der Waals surface area contributed by atoms with Gasteiger partial charge in [0, 0.05) is 14.1 Å². The van der Waals surface area contributed by atoms with Gasteiger partial charge in [0.1, 0.15) is 0 Å². The molecule has 0 spiro atoms. The van der Waals surface area contributed by atoms with Gasteiger partial charge in [-0.15, -0.1) is 11.8 Å². The highest BCUT2D eigenvalue weighted by Gasteiger charge is 2.13. The highest BCUT2D eigenvalue weighted by molar-refractivity contribution is 7.97. The lowest BCUT2D eigenvalue weighted by atomic mass is 10.5. The average Bonchev–Trinajstić information content (AvgIpc) is 2.68. The van der Waals surface area contributed by atoms with E-state index in [4.69, 9.17) is 0 Å². The van der Waals surface area contributed by atoms with E-state index in [0.717, 1.165) is 4.57 Å². The largest absolute Gasteiger partial charge is 0.332 e. The number of thioether (sulfide) groups is 1. The van der Waals surface area contributed by atoms with Crippen molar-refractivity contribution in [2.45, 2.75) is 5.88 Å². The van der Waals surface area contributed by atoms with Crippen LogP contribution in [0.5, 0.6) is 0 Å². The normalized spacial score (nSPS) is 11.2. The van der Waals surface area contributed by atoms with Crippen LogP contribution in [0.2, 0.25) is 0 Å². The van der Waals surface area contributed by atoms with Crippen molar-refractivity contribution in [3.05, 3.63) is 27.2 Å². The minimum Gasteiger partial charge on any atom is -0.315 e. The molecule has 7 heteroatoms. The van der Waals surface area contributed by atoms with Crippen LogP contribution in [0.25, 0.3) is 11.2 Å². The third-order valence-electron chi connectivity index (χ3n) is 2.49. The molecular weight excluding hydrogens is 228 g/mol. The summed E-state index contributed by atoms with van der Waals surface area (Å²) >= 11 is 1.59. The van der Waals surface area contributed by atoms with Crippen LogP contribution in [-0.4, -0.2) is 24.9 Å². The van der Waals surface area contributed by atoms with Gasteiger partial charge in [0.15, 0.2) is 11.2 Å². The molecule has 0 atom stereocenters. The Morgan fingerprint density at radius 2 is 2.00 bits per heavy atom. The van der Waals surface area contributed by atoms with Crippen LogP contribution in [0.1, 0.15) is 0 Å². The smallest absolute Gasteiger partial charge is 0.315 e. The molecule has 0 aliphatic carbocycles. The van der Waals surface area contributed by atoms with E-state index < -0.39 is 0 Å². The monoisotopic (exact) mass is 240 g/mol. The summed E-state index contributed by atoms with van der Waals surface area (Å²) in [6.45, 7) is 0. The van der Waals surface area contributed by atoms with E-state index in [1.54, 1.807) is 29.7 Å². The lowest BCUT2D eigenvalue weighted by Gasteiger charge is -2.04. The van der Waals surface area contributed by atoms with E-state index >= 15 is 0 Å². The molecule has 86 valence electrons. The van der Waals surface area contributed by atoms with Crippen LogP contribution in [0.3, 0.4) is 0 Å². The zero-order valence-electron chi connectivity index (χ0n) is 9.30. The molecule has 0 radical (unpaired) electrons. The first-order valence-electron chi connectivity index (χ1n) is 4.67. The van der Waals surface area contributed by atoms with Crippen LogP contribution >= 0.6 is 11.8 Å². The molecule has 2 aromatic rings. The van der Waals surface area contributed by atoms with Crippen molar-refractivity contribution in [2.75, 3.05) is 6.26 Å². The van der Waals surface area contributed by atoms with Crippen molar-refractivity contribution < 1.29 is 0 Å². The fourth-order valence-electron chi connectivity index (χ4n) is 1.63. The Bertz CT molecular complexity index is 652. The fourth-order valence-corrected chi connectivity index (χ4v) is 2.11. The predicted octanol–water partition coefficient (Wildman–Crippen LogP) is -0.246. The van der Waals surface area contributed by atoms with Gasteiger partial charge in [-0.25, -0.2) is 9.78 Å². The maximum Gasteiger partial charge on any atom is 0.332 e. The van der Waals surface area contributed by atoms with E-state index in [0.29, 0.717) is 17.0 Å². The molecular formula is C9H12N4O2S. The Hall–Kier alpha value is -1.50. The van der Waals surface area contributed by atoms with E-state index in [1.165, 1.54) is 11.6 Å². The molecule has 16 heavy (non-hydrogen) atoms. The molecule has 0 unspecified atom stereocenters. The molecule has 0 aliphatic rings. The molecule has 6 nitrogen and oxygen atoms in total. The molecule has 0 N–H and O–H groups in total. The second kappa shape index (κ2) is 3.82. The third-order valence-corrected chi connectivity index (χ3v) is 3.02. The molecule has 0 bridgehead atoms. The number of imidazole rings is 1. The maximum atomic E-state index is 11.9. The number of aryl methyl sites for hydroxylation is 1. The van der Waals surface area contributed by atoms with Crippen LogP contribution in [0.15, 0.2) is 15.9 Å². The number of hydrogen-bond donors (Lipinski definition) is 0. The summed E-state index contributed by atoms with van der Waals surface area (Å²) in [6, 6.07) is 0. The van der Waals surface area contributed by atoms with Crippen LogP contribution in [-0.2, 0) is 20.0 Å². The van der Waals surface area contributed by atoms with Gasteiger partial charge < -0.3 is 4.57 Å². The Morgan fingerprint density at radius 1 is 1.31 bits per heavy atom. The summed E-state index contributed by atoms with van der Waals surface area (Å²) in [7, 11) is 3.08. The van der Waals surface area contributed by atoms with Crippen molar-refractivity contribution in [3.63, 3.8) is 0 Å². The molecule has 2 aromatic heterocycles. The summed E-state index contributed by atoms with van der Waals surface area (Å²) in [5.41, 5.74) is 0.248. The lowest BCUT2D eigenvalue weighted by Crippen LogP contribution is -2.37. The standard InChI is InChI=1S/C9H12N4O2S/c1-11-7-6(8(14)12(2)9(11)15)13(4-10-7)5-16-3/h4H,5H2,1-3H3. The van der Waals surface area contributed by atoms with E-state index in [9.17, 15) is 9.59 Å². The van der Waals surface area contributed by atoms with Gasteiger partial charge >= 0.3 is 5.69 Å². The Kier molecular flexibility index (Phi) is 2.63. The van der Waals surface area contributed by atoms with Gasteiger partial charge in [-0.05, 0) is 6.26 Å². The summed E-state index contributed by atoms with van der Waals surface area (Å²) in [5.74, 6) is 0.643. The molecule has 0 aliphatic heterocycles. The van der Waals surface area contributed by atoms with Gasteiger partial charge in [-0.1, -0.05) is 0 Å². The first-order chi connectivity index (χ1) is 7.57. The molecule has 0 aromatic carbocycles. The summed E-state index contributed by atoms with van der Waals surface area (Å²) in [6.07, 6.45) is 3.53. The average molecular weight is 240 g/mol. The first kappa shape index (κ1) is 11.0. The topological polar surface area (TPSA) is 61.8 Å². The molecule has 0 saturated carbocycles. The van der Waals surface area contributed by atoms with Gasteiger partial charge in [0.05, 0.1) is 12.2 Å². The van der Waals surface area contributed by atoms with Gasteiger partial charge in [-0.2, -0.15) is 0 Å². The molecule has 0 fully saturated rings. The van der Waals surface area contributed by atoms with Crippen molar-refractivity contribution in [1.29, 1.82) is 0 Å². The number of nitrogens with zero attached hydrogens (tertiary/aromatic N) is 4. The fraction of sp³-hybridized carbons (Fsp3) is 0.444. The predicted molar refractivity (Wildman–Crippen MR) is 63.7 cm³/mol. The van der Waals surface area contributed by atoms with Crippen molar-refractivity contribution in [3.8, 4) is 0 Å². The Morgan fingerprint density at radius 3 is 2.62 bits per heavy atom. The van der Waals surface area contributed by atoms with E-state index in [-0.39, 0.29) is 11.2 Å². The summed E-state index contributed by atoms with van der Waals surface area (Å²) in [4.78, 5) is 27.7. The highest BCUT2D eigenvalue weighted by Crippen LogP contribution is 2.08. The number of aromatic nitrogens is 4. The van der Waals surface area contributed by atoms with Crippen LogP contribution in [0.4, 0.5) is 0 Å². The minimum absolute atomic E-state index is 0.301. The number of hydrogen-bond acceptors (Lipinski definition) is 4. The van der Waals surface area contributed by atoms with Crippen molar-refractivity contribution >= 4 is 22.9 Å². The summed E-state index contributed by atoms with van der Waals surface area (Å²) in [5, 5.41) is 0. The summed E-state index contributed by atoms with van der Waals surface area (Å²) < 4.78 is 4.23. The molecule has 0 saturated heterocycles. The van der Waals surface area contributed by atoms with Gasteiger partial charge in [0.25, 0.3) is 5.56 Å². The van der Waals surface area contributed by atoms with Crippen molar-refractivity contribution in [2.24, 2.45) is 14.1 Å². The van der Waals surface area contributed by atoms with E-state index in [2.05, 4.69) is 4.98 Å². The van der Waals surface area contributed by atoms with Crippen LogP contribution in [0, 0.1) is 0 Å². The molecule has 2 rings (SSSR count). The zero-order valence-corrected chi connectivity index (χ0v) is 10.1. The second-order valence-corrected chi connectivity index (χ2v) is 4.35. The van der Waals surface area contributed by atoms with E-state index in [1.807, 2.05) is 6.26 Å². The SMILES string of the molecule is CSCn1cnc2c1c(=O)n(C)c(=O)n2C. The number of rotatable bonds is 2. The lowest BCUT2D eigenvalue weighted by molar-refractivity contribution is 0.705.